The molecule has 14 heavy (non-hydrogen) atoms. The molecule has 1 saturated heterocycles. The van der Waals surface area contributed by atoms with Crippen LogP contribution in [0.1, 0.15) is 29.8 Å². The van der Waals surface area contributed by atoms with E-state index in [1.165, 1.54) is 36.2 Å². The third kappa shape index (κ3) is 1.11. The Morgan fingerprint density at radius 1 is 1.07 bits per heavy atom. The zero-order valence-electron chi connectivity index (χ0n) is 8.58. The van der Waals surface area contributed by atoms with Crippen LogP contribution >= 0.6 is 0 Å². The Kier molecular flexibility index (Phi) is 1.72. The van der Waals surface area contributed by atoms with Gasteiger partial charge in [-0.05, 0) is 38.2 Å². The van der Waals surface area contributed by atoms with Crippen LogP contribution in [-0.2, 0) is 12.8 Å². The van der Waals surface area contributed by atoms with Gasteiger partial charge < -0.3 is 4.90 Å². The molecule has 0 aromatic carbocycles. The Balaban J connectivity index is 2.02. The van der Waals surface area contributed by atoms with Gasteiger partial charge in [0.2, 0.25) is 5.95 Å². The number of hydrogen-bond acceptors (Lipinski definition) is 3. The second-order valence-corrected chi connectivity index (χ2v) is 4.23. The van der Waals surface area contributed by atoms with Gasteiger partial charge >= 0.3 is 0 Å². The Bertz CT molecular complexity index is 369. The smallest absolute Gasteiger partial charge is 0.225 e. The van der Waals surface area contributed by atoms with E-state index in [4.69, 9.17) is 0 Å². The van der Waals surface area contributed by atoms with Gasteiger partial charge in [-0.3, -0.25) is 0 Å². The summed E-state index contributed by atoms with van der Waals surface area (Å²) in [5.41, 5.74) is 3.92. The Morgan fingerprint density at radius 3 is 2.64 bits per heavy atom. The Hall–Kier alpha value is -1.12. The molecule has 0 amide bonds. The van der Waals surface area contributed by atoms with Gasteiger partial charge in [0.15, 0.2) is 0 Å². The number of rotatable bonds is 1. The second-order valence-electron chi connectivity index (χ2n) is 4.23. The van der Waals surface area contributed by atoms with Crippen molar-refractivity contribution in [2.24, 2.45) is 0 Å². The van der Waals surface area contributed by atoms with Gasteiger partial charge in [-0.25, -0.2) is 9.97 Å². The first-order chi connectivity index (χ1) is 6.84. The highest BCUT2D eigenvalue weighted by molar-refractivity contribution is 5.40. The van der Waals surface area contributed by atoms with Crippen molar-refractivity contribution < 1.29 is 0 Å². The highest BCUT2D eigenvalue weighted by atomic mass is 15.3. The zero-order chi connectivity index (χ0) is 9.54. The molecule has 3 heteroatoms. The van der Waals surface area contributed by atoms with E-state index in [0.717, 1.165) is 25.5 Å². The molecule has 0 atom stereocenters. The van der Waals surface area contributed by atoms with Crippen LogP contribution in [0.25, 0.3) is 0 Å². The summed E-state index contributed by atoms with van der Waals surface area (Å²) in [4.78, 5) is 11.5. The van der Waals surface area contributed by atoms with Crippen molar-refractivity contribution in [3.63, 3.8) is 0 Å². The van der Waals surface area contributed by atoms with Gasteiger partial charge in [-0.1, -0.05) is 0 Å². The summed E-state index contributed by atoms with van der Waals surface area (Å²) in [6.07, 6.45) is 4.88. The van der Waals surface area contributed by atoms with Crippen molar-refractivity contribution >= 4 is 5.95 Å². The summed E-state index contributed by atoms with van der Waals surface area (Å²) in [6, 6.07) is 0. The molecule has 74 valence electrons. The van der Waals surface area contributed by atoms with Crippen molar-refractivity contribution in [2.75, 3.05) is 18.0 Å². The van der Waals surface area contributed by atoms with Gasteiger partial charge in [0.25, 0.3) is 0 Å². The maximum atomic E-state index is 4.65. The van der Waals surface area contributed by atoms with E-state index in [1.807, 2.05) is 0 Å². The minimum atomic E-state index is 0.967. The number of aryl methyl sites for hydroxylation is 2. The topological polar surface area (TPSA) is 29.0 Å². The van der Waals surface area contributed by atoms with E-state index in [2.05, 4.69) is 21.8 Å². The maximum absolute atomic E-state index is 4.65. The molecule has 0 saturated carbocycles. The molecule has 1 aliphatic carbocycles. The van der Waals surface area contributed by atoms with Crippen LogP contribution in [0.3, 0.4) is 0 Å². The average Bonchev–Trinajstić information content (AvgIpc) is 2.48. The van der Waals surface area contributed by atoms with E-state index < -0.39 is 0 Å². The van der Waals surface area contributed by atoms with Crippen LogP contribution < -0.4 is 4.90 Å². The number of aromatic nitrogens is 2. The minimum Gasteiger partial charge on any atom is -0.341 e. The summed E-state index contributed by atoms with van der Waals surface area (Å²) in [7, 11) is 0. The van der Waals surface area contributed by atoms with E-state index in [1.54, 1.807) is 0 Å². The molecular weight excluding hydrogens is 174 g/mol. The minimum absolute atomic E-state index is 0.967. The van der Waals surface area contributed by atoms with Crippen LogP contribution in [0, 0.1) is 6.92 Å². The molecule has 2 aliphatic rings. The normalized spacial score (nSPS) is 19.4. The summed E-state index contributed by atoms with van der Waals surface area (Å²) in [5.74, 6) is 0.967. The van der Waals surface area contributed by atoms with Crippen LogP contribution in [0.5, 0.6) is 0 Å². The summed E-state index contributed by atoms with van der Waals surface area (Å²) < 4.78 is 0. The van der Waals surface area contributed by atoms with Crippen LogP contribution in [0.4, 0.5) is 5.95 Å². The Morgan fingerprint density at radius 2 is 1.93 bits per heavy atom. The molecule has 0 unspecified atom stereocenters. The summed E-state index contributed by atoms with van der Waals surface area (Å²) >= 11 is 0. The molecule has 1 fully saturated rings. The number of fused-ring (bicyclic) bond motifs is 1. The molecule has 1 aliphatic heterocycles. The van der Waals surface area contributed by atoms with Crippen molar-refractivity contribution in [3.05, 3.63) is 17.0 Å². The van der Waals surface area contributed by atoms with Gasteiger partial charge in [0.05, 0.1) is 0 Å². The first-order valence-electron chi connectivity index (χ1n) is 5.46. The lowest BCUT2D eigenvalue weighted by Crippen LogP contribution is -2.38. The SMILES string of the molecule is Cc1nc(N2CCC2)nc2c1CCC2. The monoisotopic (exact) mass is 189 g/mol. The van der Waals surface area contributed by atoms with Gasteiger partial charge in [0.1, 0.15) is 0 Å². The largest absolute Gasteiger partial charge is 0.341 e. The predicted octanol–water partition coefficient (Wildman–Crippen LogP) is 1.48. The quantitative estimate of drug-likeness (QED) is 0.670. The standard InChI is InChI=1S/C11H15N3/c1-8-9-4-2-5-10(9)13-11(12-8)14-6-3-7-14/h2-7H2,1H3. The summed E-state index contributed by atoms with van der Waals surface area (Å²) in [6.45, 7) is 4.39. The molecular formula is C11H15N3. The lowest BCUT2D eigenvalue weighted by atomic mass is 10.2. The fourth-order valence-corrected chi connectivity index (χ4v) is 2.26. The van der Waals surface area contributed by atoms with Gasteiger partial charge in [0, 0.05) is 24.5 Å². The molecule has 0 spiro atoms. The highest BCUT2D eigenvalue weighted by Gasteiger charge is 2.22. The first-order valence-corrected chi connectivity index (χ1v) is 5.46. The highest BCUT2D eigenvalue weighted by Crippen LogP contribution is 2.25. The molecule has 2 heterocycles. The van der Waals surface area contributed by atoms with Crippen molar-refractivity contribution in [2.45, 2.75) is 32.6 Å². The van der Waals surface area contributed by atoms with Crippen molar-refractivity contribution in [1.29, 1.82) is 0 Å². The molecule has 3 rings (SSSR count). The maximum Gasteiger partial charge on any atom is 0.225 e. The number of hydrogen-bond donors (Lipinski definition) is 0. The predicted molar refractivity (Wildman–Crippen MR) is 55.6 cm³/mol. The lowest BCUT2D eigenvalue weighted by molar-refractivity contribution is 0.597. The lowest BCUT2D eigenvalue weighted by Gasteiger charge is -2.31. The van der Waals surface area contributed by atoms with Gasteiger partial charge in [-0.15, -0.1) is 0 Å². The third-order valence-electron chi connectivity index (χ3n) is 3.27. The molecule has 0 radical (unpaired) electrons. The fourth-order valence-electron chi connectivity index (χ4n) is 2.26. The first kappa shape index (κ1) is 8.21. The molecule has 1 aromatic rings. The summed E-state index contributed by atoms with van der Waals surface area (Å²) in [5, 5.41) is 0. The zero-order valence-corrected chi connectivity index (χ0v) is 8.58. The molecule has 3 nitrogen and oxygen atoms in total. The van der Waals surface area contributed by atoms with E-state index >= 15 is 0 Å². The average molecular weight is 189 g/mol. The van der Waals surface area contributed by atoms with Crippen LogP contribution in [-0.4, -0.2) is 23.1 Å². The molecule has 1 aromatic heterocycles. The van der Waals surface area contributed by atoms with Crippen LogP contribution in [0.2, 0.25) is 0 Å². The third-order valence-corrected chi connectivity index (χ3v) is 3.27. The van der Waals surface area contributed by atoms with E-state index in [9.17, 15) is 0 Å². The number of nitrogens with zero attached hydrogens (tertiary/aromatic N) is 3. The fraction of sp³-hybridized carbons (Fsp3) is 0.636. The van der Waals surface area contributed by atoms with Crippen molar-refractivity contribution in [3.8, 4) is 0 Å². The molecule has 0 N–H and O–H groups in total. The molecule has 0 bridgehead atoms. The van der Waals surface area contributed by atoms with Crippen LogP contribution in [0.15, 0.2) is 0 Å². The van der Waals surface area contributed by atoms with E-state index in [-0.39, 0.29) is 0 Å². The Labute approximate surface area is 84.2 Å². The van der Waals surface area contributed by atoms with Gasteiger partial charge in [-0.2, -0.15) is 0 Å². The van der Waals surface area contributed by atoms with E-state index in [0.29, 0.717) is 0 Å². The second kappa shape index (κ2) is 2.94. The van der Waals surface area contributed by atoms with Crippen molar-refractivity contribution in [1.82, 2.24) is 9.97 Å². The number of anilines is 1.